The Morgan fingerprint density at radius 3 is 2.29 bits per heavy atom. The largest absolute Gasteiger partial charge is 0.390 e. The van der Waals surface area contributed by atoms with Crippen molar-refractivity contribution in [3.8, 4) is 0 Å². The highest BCUT2D eigenvalue weighted by molar-refractivity contribution is 5.22. The highest BCUT2D eigenvalue weighted by Crippen LogP contribution is 2.65. The molecule has 0 saturated heterocycles. The third-order valence-electron chi connectivity index (χ3n) is 13.3. The van der Waals surface area contributed by atoms with E-state index < -0.39 is 11.2 Å². The van der Waals surface area contributed by atoms with E-state index in [2.05, 4.69) is 40.7 Å². The molecule has 2 heteroatoms. The lowest BCUT2D eigenvalue weighted by molar-refractivity contribution is -0.0556. The highest BCUT2D eigenvalue weighted by atomic mass is 16.3. The summed E-state index contributed by atoms with van der Waals surface area (Å²) in [5.41, 5.74) is 1.76. The molecule has 35 heavy (non-hydrogen) atoms. The van der Waals surface area contributed by atoms with Crippen molar-refractivity contribution in [2.24, 2.45) is 46.3 Å². The molecule has 0 radical (unpaired) electrons. The Labute approximate surface area is 216 Å². The fraction of sp³-hybridized carbons (Fsp3) is 0.939. The summed E-state index contributed by atoms with van der Waals surface area (Å²) in [4.78, 5) is 0. The monoisotopic (exact) mass is 484 g/mol. The molecule has 4 fully saturated rings. The molecule has 0 amide bonds. The van der Waals surface area contributed by atoms with Crippen molar-refractivity contribution in [1.82, 2.24) is 0 Å². The van der Waals surface area contributed by atoms with Crippen LogP contribution in [0.15, 0.2) is 11.6 Å². The van der Waals surface area contributed by atoms with Gasteiger partial charge in [-0.15, -0.1) is 0 Å². The molecule has 2 nitrogen and oxygen atoms in total. The number of fused-ring (bicyclic) bond motifs is 5. The van der Waals surface area contributed by atoms with E-state index in [-0.39, 0.29) is 0 Å². The molecule has 0 heterocycles. The molecular formula is C33H56O2. The lowest BCUT2D eigenvalue weighted by Crippen LogP contribution is -2.48. The lowest BCUT2D eigenvalue weighted by Gasteiger charge is -2.55. The molecule has 0 aliphatic heterocycles. The van der Waals surface area contributed by atoms with Crippen LogP contribution in [0.4, 0.5) is 0 Å². The summed E-state index contributed by atoms with van der Waals surface area (Å²) >= 11 is 0. The van der Waals surface area contributed by atoms with Crippen LogP contribution in [0.5, 0.6) is 0 Å². The standard InChI is InChI=1S/C33H56O2/c1-6-30(4)18-20-33(35,21-19-30)16-12-23(3)28-10-11-29-27-9-8-24-22-32(34,7-2)17-14-25(24)26(27)13-15-31(28,29)5/h8,23,25-29,34-35H,6-7,9-22H2,1-5H3/t23-,25+,26-,27-,28-,29?,30?,31-,32+,33?/m1/s1. The van der Waals surface area contributed by atoms with Crippen LogP contribution in [0.2, 0.25) is 0 Å². The van der Waals surface area contributed by atoms with Gasteiger partial charge in [-0.05, 0) is 143 Å². The van der Waals surface area contributed by atoms with Crippen LogP contribution < -0.4 is 0 Å². The first-order valence-electron chi connectivity index (χ1n) is 15.7. The third kappa shape index (κ3) is 4.71. The number of hydrogen-bond acceptors (Lipinski definition) is 2. The molecular weight excluding hydrogens is 428 g/mol. The van der Waals surface area contributed by atoms with Crippen LogP contribution in [0.3, 0.4) is 0 Å². The van der Waals surface area contributed by atoms with Crippen LogP contribution in [0.25, 0.3) is 0 Å². The first-order chi connectivity index (χ1) is 16.5. The minimum absolute atomic E-state index is 0.397. The van der Waals surface area contributed by atoms with Crippen LogP contribution in [0.1, 0.15) is 137 Å². The van der Waals surface area contributed by atoms with Gasteiger partial charge in [0.1, 0.15) is 0 Å². The van der Waals surface area contributed by atoms with Gasteiger partial charge in [0.2, 0.25) is 0 Å². The van der Waals surface area contributed by atoms with Crippen LogP contribution in [0, 0.1) is 46.3 Å². The average Bonchev–Trinajstić information content (AvgIpc) is 3.22. The SMILES string of the molecule is CCC1(C)CCC(O)(CC[C@@H](C)[C@H]2CCC3[C@@H]4CC=C5C[C@](O)(CC)CC[C@@H]5[C@H]4CC[C@@]32C)CC1. The van der Waals surface area contributed by atoms with Gasteiger partial charge in [-0.25, -0.2) is 0 Å². The first kappa shape index (κ1) is 26.3. The van der Waals surface area contributed by atoms with Gasteiger partial charge in [-0.2, -0.15) is 0 Å². The molecule has 1 unspecified atom stereocenters. The number of rotatable bonds is 6. The van der Waals surface area contributed by atoms with Crippen molar-refractivity contribution >= 4 is 0 Å². The zero-order valence-corrected chi connectivity index (χ0v) is 23.7. The van der Waals surface area contributed by atoms with Crippen molar-refractivity contribution in [1.29, 1.82) is 0 Å². The molecule has 5 aliphatic rings. The minimum Gasteiger partial charge on any atom is -0.390 e. The third-order valence-corrected chi connectivity index (χ3v) is 13.3. The van der Waals surface area contributed by atoms with Gasteiger partial charge in [0.15, 0.2) is 0 Å². The molecule has 5 rings (SSSR count). The Bertz CT molecular complexity index is 791. The molecule has 5 aliphatic carbocycles. The summed E-state index contributed by atoms with van der Waals surface area (Å²) in [5.74, 6) is 4.97. The van der Waals surface area contributed by atoms with Crippen molar-refractivity contribution in [3.05, 3.63) is 11.6 Å². The zero-order chi connectivity index (χ0) is 25.1. The Morgan fingerprint density at radius 2 is 1.60 bits per heavy atom. The van der Waals surface area contributed by atoms with Crippen molar-refractivity contribution in [3.63, 3.8) is 0 Å². The molecule has 2 N–H and O–H groups in total. The summed E-state index contributed by atoms with van der Waals surface area (Å²) < 4.78 is 0. The second-order valence-corrected chi connectivity index (χ2v) is 15.0. The van der Waals surface area contributed by atoms with E-state index in [9.17, 15) is 10.2 Å². The average molecular weight is 485 g/mol. The molecule has 0 aromatic carbocycles. The van der Waals surface area contributed by atoms with Gasteiger partial charge in [0, 0.05) is 0 Å². The van der Waals surface area contributed by atoms with E-state index in [1.165, 1.54) is 64.2 Å². The molecule has 0 aromatic heterocycles. The Kier molecular flexibility index (Phi) is 7.09. The maximum atomic E-state index is 11.4. The van der Waals surface area contributed by atoms with Gasteiger partial charge < -0.3 is 10.2 Å². The Hall–Kier alpha value is -0.340. The summed E-state index contributed by atoms with van der Waals surface area (Å²) in [6.45, 7) is 12.1. The Balaban J connectivity index is 1.22. The fourth-order valence-electron chi connectivity index (χ4n) is 10.3. The maximum Gasteiger partial charge on any atom is 0.0682 e. The number of aliphatic hydroxyl groups is 2. The van der Waals surface area contributed by atoms with E-state index in [0.29, 0.717) is 10.8 Å². The van der Waals surface area contributed by atoms with Gasteiger partial charge in [-0.3, -0.25) is 0 Å². The van der Waals surface area contributed by atoms with Crippen LogP contribution in [-0.2, 0) is 0 Å². The van der Waals surface area contributed by atoms with Gasteiger partial charge in [-0.1, -0.05) is 52.7 Å². The van der Waals surface area contributed by atoms with Crippen molar-refractivity contribution < 1.29 is 10.2 Å². The summed E-state index contributed by atoms with van der Waals surface area (Å²) in [6.07, 6.45) is 21.5. The Morgan fingerprint density at radius 1 is 0.857 bits per heavy atom. The molecule has 0 spiro atoms. The lowest BCUT2D eigenvalue weighted by atomic mass is 9.50. The number of allylic oxidation sites excluding steroid dienone is 1. The topological polar surface area (TPSA) is 40.5 Å². The summed E-state index contributed by atoms with van der Waals surface area (Å²) in [6, 6.07) is 0. The number of hydrogen-bond donors (Lipinski definition) is 2. The fourth-order valence-corrected chi connectivity index (χ4v) is 10.3. The molecule has 8 atom stereocenters. The quantitative estimate of drug-likeness (QED) is 0.371. The predicted octanol–water partition coefficient (Wildman–Crippen LogP) is 8.45. The second kappa shape index (κ2) is 9.44. The summed E-state index contributed by atoms with van der Waals surface area (Å²) in [5, 5.41) is 22.3. The van der Waals surface area contributed by atoms with Gasteiger partial charge in [0.05, 0.1) is 11.2 Å². The molecule has 4 saturated carbocycles. The highest BCUT2D eigenvalue weighted by Gasteiger charge is 2.57. The minimum atomic E-state index is -0.427. The van der Waals surface area contributed by atoms with E-state index in [4.69, 9.17) is 0 Å². The van der Waals surface area contributed by atoms with Crippen LogP contribution >= 0.6 is 0 Å². The zero-order valence-electron chi connectivity index (χ0n) is 23.7. The molecule has 0 bridgehead atoms. The first-order valence-corrected chi connectivity index (χ1v) is 15.7. The van der Waals surface area contributed by atoms with Crippen LogP contribution in [-0.4, -0.2) is 21.4 Å². The summed E-state index contributed by atoms with van der Waals surface area (Å²) in [7, 11) is 0. The molecule has 200 valence electrons. The molecule has 0 aromatic rings. The van der Waals surface area contributed by atoms with E-state index in [1.807, 2.05) is 0 Å². The normalized spacial score (nSPS) is 50.6. The van der Waals surface area contributed by atoms with E-state index in [0.717, 1.165) is 74.0 Å². The predicted molar refractivity (Wildman–Crippen MR) is 146 cm³/mol. The van der Waals surface area contributed by atoms with Crippen molar-refractivity contribution in [2.75, 3.05) is 0 Å². The maximum absolute atomic E-state index is 11.4. The van der Waals surface area contributed by atoms with Gasteiger partial charge >= 0.3 is 0 Å². The van der Waals surface area contributed by atoms with Gasteiger partial charge in [0.25, 0.3) is 0 Å². The van der Waals surface area contributed by atoms with E-state index >= 15 is 0 Å². The second-order valence-electron chi connectivity index (χ2n) is 15.0. The smallest absolute Gasteiger partial charge is 0.0682 e. The van der Waals surface area contributed by atoms with Crippen molar-refractivity contribution in [2.45, 2.75) is 149 Å². The van der Waals surface area contributed by atoms with E-state index in [1.54, 1.807) is 5.57 Å².